The van der Waals surface area contributed by atoms with Crippen molar-refractivity contribution in [3.8, 4) is 0 Å². The minimum Gasteiger partial charge on any atom is -0.371 e. The third kappa shape index (κ3) is 2.74. The number of morpholine rings is 1. The topological polar surface area (TPSA) is 51.4 Å². The number of nitrogens with two attached hydrogens (primary N) is 1. The molecule has 19 heavy (non-hydrogen) atoms. The highest BCUT2D eigenvalue weighted by molar-refractivity contribution is 5.44. The van der Waals surface area contributed by atoms with E-state index in [1.165, 1.54) is 24.1 Å². The molecule has 4 heteroatoms. The summed E-state index contributed by atoms with van der Waals surface area (Å²) in [5.41, 5.74) is 8.16. The summed E-state index contributed by atoms with van der Waals surface area (Å²) in [7, 11) is 0. The van der Waals surface area contributed by atoms with Gasteiger partial charge in [0.1, 0.15) is 5.82 Å². The molecule has 0 amide bonds. The molecular formula is C15H23N3O. The molecule has 2 aliphatic heterocycles. The van der Waals surface area contributed by atoms with Crippen LogP contribution in [0.1, 0.15) is 37.4 Å². The molecule has 104 valence electrons. The van der Waals surface area contributed by atoms with Crippen LogP contribution in [0.4, 0.5) is 5.82 Å². The first-order valence-corrected chi connectivity index (χ1v) is 7.38. The Morgan fingerprint density at radius 1 is 1.32 bits per heavy atom. The monoisotopic (exact) mass is 261 g/mol. The first kappa shape index (κ1) is 12.9. The Morgan fingerprint density at radius 2 is 2.05 bits per heavy atom. The van der Waals surface area contributed by atoms with Crippen LogP contribution in [0.2, 0.25) is 0 Å². The van der Waals surface area contributed by atoms with Gasteiger partial charge in [-0.2, -0.15) is 0 Å². The Bertz CT molecular complexity index is 437. The zero-order valence-electron chi connectivity index (χ0n) is 11.6. The normalized spacial score (nSPS) is 25.9. The fourth-order valence-electron chi connectivity index (χ4n) is 3.10. The van der Waals surface area contributed by atoms with Gasteiger partial charge in [0.2, 0.25) is 0 Å². The van der Waals surface area contributed by atoms with Gasteiger partial charge in [-0.15, -0.1) is 0 Å². The summed E-state index contributed by atoms with van der Waals surface area (Å²) < 4.78 is 5.89. The van der Waals surface area contributed by atoms with Crippen LogP contribution in [0, 0.1) is 0 Å². The second-order valence-corrected chi connectivity index (χ2v) is 5.64. The molecule has 2 aliphatic rings. The molecule has 0 radical (unpaired) electrons. The van der Waals surface area contributed by atoms with E-state index in [0.29, 0.717) is 18.8 Å². The molecule has 2 saturated heterocycles. The maximum atomic E-state index is 5.89. The van der Waals surface area contributed by atoms with E-state index in [-0.39, 0.29) is 0 Å². The van der Waals surface area contributed by atoms with E-state index >= 15 is 0 Å². The molecule has 2 unspecified atom stereocenters. The molecule has 0 aromatic carbocycles. The molecule has 2 N–H and O–H groups in total. The number of pyridine rings is 1. The quantitative estimate of drug-likeness (QED) is 0.899. The van der Waals surface area contributed by atoms with Crippen molar-refractivity contribution in [2.75, 3.05) is 18.0 Å². The Morgan fingerprint density at radius 3 is 2.68 bits per heavy atom. The lowest BCUT2D eigenvalue weighted by molar-refractivity contribution is 0.0302. The summed E-state index contributed by atoms with van der Waals surface area (Å²) >= 11 is 0. The number of aryl methyl sites for hydroxylation is 1. The molecule has 3 heterocycles. The maximum absolute atomic E-state index is 5.89. The van der Waals surface area contributed by atoms with Gasteiger partial charge in [0.05, 0.1) is 12.2 Å². The largest absolute Gasteiger partial charge is 0.371 e. The first-order valence-electron chi connectivity index (χ1n) is 7.38. The lowest BCUT2D eigenvalue weighted by atomic mass is 10.1. The third-order valence-electron chi connectivity index (χ3n) is 4.03. The van der Waals surface area contributed by atoms with Crippen LogP contribution < -0.4 is 10.6 Å². The minimum absolute atomic E-state index is 0.400. The van der Waals surface area contributed by atoms with Gasteiger partial charge in [-0.25, -0.2) is 4.98 Å². The van der Waals surface area contributed by atoms with Crippen LogP contribution in [-0.2, 0) is 17.7 Å². The predicted octanol–water partition coefficient (Wildman–Crippen LogP) is 1.86. The van der Waals surface area contributed by atoms with Crippen molar-refractivity contribution >= 4 is 5.82 Å². The van der Waals surface area contributed by atoms with Crippen LogP contribution in [0.25, 0.3) is 0 Å². The van der Waals surface area contributed by atoms with Crippen LogP contribution in [0.3, 0.4) is 0 Å². The van der Waals surface area contributed by atoms with Crippen LogP contribution in [0.15, 0.2) is 12.1 Å². The van der Waals surface area contributed by atoms with Gasteiger partial charge in [0, 0.05) is 25.3 Å². The zero-order chi connectivity index (χ0) is 13.2. The average Bonchev–Trinajstić information content (AvgIpc) is 2.77. The highest BCUT2D eigenvalue weighted by Gasteiger charge is 2.34. The maximum Gasteiger partial charge on any atom is 0.129 e. The van der Waals surface area contributed by atoms with Crippen molar-refractivity contribution in [3.05, 3.63) is 23.4 Å². The number of nitrogens with zero attached hydrogens (tertiary/aromatic N) is 2. The van der Waals surface area contributed by atoms with E-state index in [1.807, 2.05) is 0 Å². The Hall–Kier alpha value is -1.13. The van der Waals surface area contributed by atoms with Crippen molar-refractivity contribution in [3.63, 3.8) is 0 Å². The molecule has 2 fully saturated rings. The number of hydrogen-bond donors (Lipinski definition) is 1. The molecule has 2 bridgehead atoms. The average molecular weight is 261 g/mol. The molecule has 1 aromatic rings. The second-order valence-electron chi connectivity index (χ2n) is 5.64. The number of fused-ring (bicyclic) bond motifs is 2. The van der Waals surface area contributed by atoms with E-state index in [4.69, 9.17) is 15.5 Å². The smallest absolute Gasteiger partial charge is 0.129 e. The van der Waals surface area contributed by atoms with Gasteiger partial charge >= 0.3 is 0 Å². The fraction of sp³-hybridized carbons (Fsp3) is 0.667. The molecule has 0 aliphatic carbocycles. The first-order chi connectivity index (χ1) is 9.28. The summed E-state index contributed by atoms with van der Waals surface area (Å²) in [5, 5.41) is 0. The minimum atomic E-state index is 0.400. The number of ether oxygens (including phenoxy) is 1. The number of aromatic nitrogens is 1. The van der Waals surface area contributed by atoms with Gasteiger partial charge in [0.15, 0.2) is 0 Å². The SMILES string of the molecule is CCCc1cc(CN)cc(N2CC3CCC(C2)O3)n1. The molecule has 3 rings (SSSR count). The van der Waals surface area contributed by atoms with E-state index < -0.39 is 0 Å². The highest BCUT2D eigenvalue weighted by Crippen LogP contribution is 2.29. The van der Waals surface area contributed by atoms with Crippen molar-refractivity contribution in [2.24, 2.45) is 5.73 Å². The Kier molecular flexibility index (Phi) is 3.71. The summed E-state index contributed by atoms with van der Waals surface area (Å²) in [6.45, 7) is 4.72. The fourth-order valence-corrected chi connectivity index (χ4v) is 3.10. The van der Waals surface area contributed by atoms with E-state index in [1.54, 1.807) is 0 Å². The van der Waals surface area contributed by atoms with E-state index in [9.17, 15) is 0 Å². The molecule has 1 aromatic heterocycles. The van der Waals surface area contributed by atoms with Gasteiger partial charge in [0.25, 0.3) is 0 Å². The summed E-state index contributed by atoms with van der Waals surface area (Å²) in [4.78, 5) is 7.19. The molecule has 2 atom stereocenters. The van der Waals surface area contributed by atoms with Gasteiger partial charge in [-0.05, 0) is 37.0 Å². The molecule has 4 nitrogen and oxygen atoms in total. The van der Waals surface area contributed by atoms with Crippen LogP contribution >= 0.6 is 0 Å². The number of hydrogen-bond acceptors (Lipinski definition) is 4. The second kappa shape index (κ2) is 5.47. The molecule has 0 spiro atoms. The van der Waals surface area contributed by atoms with Crippen molar-refractivity contribution in [1.82, 2.24) is 4.98 Å². The van der Waals surface area contributed by atoms with Crippen molar-refractivity contribution < 1.29 is 4.74 Å². The lowest BCUT2D eigenvalue weighted by Crippen LogP contribution is -2.43. The van der Waals surface area contributed by atoms with Gasteiger partial charge in [-0.1, -0.05) is 13.3 Å². The van der Waals surface area contributed by atoms with Crippen molar-refractivity contribution in [1.29, 1.82) is 0 Å². The number of rotatable bonds is 4. The summed E-state index contributed by atoms with van der Waals surface area (Å²) in [6, 6.07) is 4.28. The summed E-state index contributed by atoms with van der Waals surface area (Å²) in [6.07, 6.45) is 5.33. The predicted molar refractivity (Wildman–Crippen MR) is 76.2 cm³/mol. The third-order valence-corrected chi connectivity index (χ3v) is 4.03. The zero-order valence-corrected chi connectivity index (χ0v) is 11.6. The van der Waals surface area contributed by atoms with Crippen LogP contribution in [-0.4, -0.2) is 30.3 Å². The van der Waals surface area contributed by atoms with Crippen molar-refractivity contribution in [2.45, 2.75) is 51.4 Å². The van der Waals surface area contributed by atoms with Crippen LogP contribution in [0.5, 0.6) is 0 Å². The molecule has 0 saturated carbocycles. The summed E-state index contributed by atoms with van der Waals surface area (Å²) in [5.74, 6) is 1.09. The lowest BCUT2D eigenvalue weighted by Gasteiger charge is -2.33. The van der Waals surface area contributed by atoms with Gasteiger partial charge < -0.3 is 15.4 Å². The van der Waals surface area contributed by atoms with E-state index in [2.05, 4.69) is 24.0 Å². The highest BCUT2D eigenvalue weighted by atomic mass is 16.5. The molecular weight excluding hydrogens is 238 g/mol. The standard InChI is InChI=1S/C15H23N3O/c1-2-3-12-6-11(8-16)7-15(17-12)18-9-13-4-5-14(10-18)19-13/h6-7,13-14H,2-5,8-10,16H2,1H3. The van der Waals surface area contributed by atoms with E-state index in [0.717, 1.165) is 31.7 Å². The Balaban J connectivity index is 1.84. The van der Waals surface area contributed by atoms with Gasteiger partial charge in [-0.3, -0.25) is 0 Å². The number of anilines is 1. The Labute approximate surface area is 115 Å².